The van der Waals surface area contributed by atoms with Crippen molar-refractivity contribution in [1.82, 2.24) is 24.8 Å². The molecule has 0 spiro atoms. The van der Waals surface area contributed by atoms with Gasteiger partial charge in [0.15, 0.2) is 0 Å². The van der Waals surface area contributed by atoms with E-state index < -0.39 is 5.60 Å². The number of amides is 1. The normalized spacial score (nSPS) is 18.9. The highest BCUT2D eigenvalue weighted by molar-refractivity contribution is 6.07. The summed E-state index contributed by atoms with van der Waals surface area (Å²) in [6, 6.07) is 12.1. The maximum Gasteiger partial charge on any atom is 0.254 e. The van der Waals surface area contributed by atoms with Crippen LogP contribution < -0.4 is 15.5 Å². The first-order valence-corrected chi connectivity index (χ1v) is 14.3. The summed E-state index contributed by atoms with van der Waals surface area (Å²) in [4.78, 5) is 26.7. The summed E-state index contributed by atoms with van der Waals surface area (Å²) in [6.07, 6.45) is 7.15. The highest BCUT2D eigenvalue weighted by atomic mass is 16.5. The van der Waals surface area contributed by atoms with Crippen LogP contribution in [0.1, 0.15) is 28.8 Å². The number of benzene rings is 1. The van der Waals surface area contributed by atoms with Crippen molar-refractivity contribution in [3.05, 3.63) is 66.1 Å². The number of anilines is 3. The lowest BCUT2D eigenvalue weighted by atomic mass is 9.90. The molecule has 0 atom stereocenters. The molecule has 0 bridgehead atoms. The number of aromatic nitrogens is 3. The Morgan fingerprint density at radius 2 is 1.85 bits per heavy atom. The van der Waals surface area contributed by atoms with Gasteiger partial charge in [0, 0.05) is 64.1 Å². The topological polar surface area (TPSA) is 108 Å². The smallest absolute Gasteiger partial charge is 0.254 e. The molecule has 3 aliphatic heterocycles. The number of carbonyl (C=O) groups excluding carboxylic acids is 1. The molecule has 10 heteroatoms. The van der Waals surface area contributed by atoms with Crippen LogP contribution in [0.2, 0.25) is 0 Å². The molecule has 0 unspecified atom stereocenters. The third kappa shape index (κ3) is 4.92. The van der Waals surface area contributed by atoms with Crippen molar-refractivity contribution in [1.29, 1.82) is 0 Å². The highest BCUT2D eigenvalue weighted by Crippen LogP contribution is 2.38. The second-order valence-electron chi connectivity index (χ2n) is 11.3. The van der Waals surface area contributed by atoms with Crippen LogP contribution in [0.5, 0.6) is 0 Å². The number of nitrogens with zero attached hydrogens (tertiary/aromatic N) is 5. The van der Waals surface area contributed by atoms with Crippen molar-refractivity contribution < 1.29 is 14.6 Å². The fourth-order valence-electron chi connectivity index (χ4n) is 6.40. The Morgan fingerprint density at radius 3 is 2.63 bits per heavy atom. The number of piperidine rings is 1. The molecule has 4 aromatic rings. The number of nitrogens with one attached hydrogen (secondary N) is 2. The molecule has 0 saturated carbocycles. The summed E-state index contributed by atoms with van der Waals surface area (Å²) in [6.45, 7) is 6.02. The monoisotopic (exact) mass is 553 g/mol. The molecule has 1 amide bonds. The van der Waals surface area contributed by atoms with Gasteiger partial charge in [-0.15, -0.1) is 0 Å². The van der Waals surface area contributed by atoms with Gasteiger partial charge in [-0.1, -0.05) is 6.07 Å². The van der Waals surface area contributed by atoms with Crippen LogP contribution in [0.15, 0.2) is 55.0 Å². The molecule has 1 aromatic carbocycles. The molecule has 0 radical (unpaired) electrons. The molecular formula is C31H35N7O3. The van der Waals surface area contributed by atoms with Crippen LogP contribution in [0.3, 0.4) is 0 Å². The number of aryl methyl sites for hydroxylation is 1. The summed E-state index contributed by atoms with van der Waals surface area (Å²) in [5.41, 5.74) is 5.76. The van der Waals surface area contributed by atoms with Gasteiger partial charge in [0.05, 0.1) is 41.9 Å². The number of fused-ring (bicyclic) bond motifs is 2. The van der Waals surface area contributed by atoms with E-state index in [1.165, 1.54) is 0 Å². The number of hydrogen-bond donors (Lipinski definition) is 3. The second-order valence-corrected chi connectivity index (χ2v) is 11.3. The van der Waals surface area contributed by atoms with Crippen LogP contribution in [0, 0.1) is 0 Å². The van der Waals surface area contributed by atoms with E-state index in [0.717, 1.165) is 91.3 Å². The SMILES string of the molecule is Cn1ccc2c(-c3ccc(Nc4ccc(N5CCC(O)(CN6CCOCC6)CC5)cn4)c4c3CNC4=O)ccnc21. The molecule has 3 aromatic heterocycles. The summed E-state index contributed by atoms with van der Waals surface area (Å²) in [5.74, 6) is 0.593. The molecular weight excluding hydrogens is 518 g/mol. The van der Waals surface area contributed by atoms with Gasteiger partial charge in [-0.05, 0) is 59.9 Å². The standard InChI is InChI=1S/C31H35N7O3/c1-36-11-7-24-23(6-10-32-29(24)36)22-3-4-26(28-25(22)19-34-30(28)39)35-27-5-2-21(18-33-27)38-12-8-31(40,9-13-38)20-37-14-16-41-17-15-37/h2-7,10-11,18,40H,8-9,12-17,19-20H2,1H3,(H,33,35)(H,34,39). The van der Waals surface area contributed by atoms with E-state index in [0.29, 0.717) is 24.5 Å². The van der Waals surface area contributed by atoms with Crippen LogP contribution in [0.4, 0.5) is 17.2 Å². The van der Waals surface area contributed by atoms with Gasteiger partial charge < -0.3 is 29.9 Å². The van der Waals surface area contributed by atoms with Crippen molar-refractivity contribution in [2.24, 2.45) is 7.05 Å². The molecule has 3 N–H and O–H groups in total. The van der Waals surface area contributed by atoms with Crippen LogP contribution in [-0.4, -0.2) is 82.0 Å². The quantitative estimate of drug-likeness (QED) is 0.334. The van der Waals surface area contributed by atoms with E-state index >= 15 is 0 Å². The number of hydrogen-bond acceptors (Lipinski definition) is 8. The van der Waals surface area contributed by atoms with Crippen molar-refractivity contribution in [3.63, 3.8) is 0 Å². The van der Waals surface area contributed by atoms with Crippen LogP contribution in [0.25, 0.3) is 22.2 Å². The first kappa shape index (κ1) is 25.9. The van der Waals surface area contributed by atoms with Gasteiger partial charge in [0.1, 0.15) is 11.5 Å². The number of morpholine rings is 1. The van der Waals surface area contributed by atoms with E-state index in [4.69, 9.17) is 4.74 Å². The van der Waals surface area contributed by atoms with Gasteiger partial charge in [-0.2, -0.15) is 0 Å². The zero-order chi connectivity index (χ0) is 28.0. The van der Waals surface area contributed by atoms with Gasteiger partial charge >= 0.3 is 0 Å². The minimum atomic E-state index is -0.654. The maximum absolute atomic E-state index is 12.9. The third-order valence-electron chi connectivity index (χ3n) is 8.72. The number of carbonyl (C=O) groups is 1. The van der Waals surface area contributed by atoms with Crippen molar-refractivity contribution in [2.75, 3.05) is 56.2 Å². The Hall–Kier alpha value is -3.99. The largest absolute Gasteiger partial charge is 0.388 e. The molecule has 3 aliphatic rings. The van der Waals surface area contributed by atoms with Gasteiger partial charge in [-0.3, -0.25) is 9.69 Å². The maximum atomic E-state index is 12.9. The number of rotatable bonds is 6. The lowest BCUT2D eigenvalue weighted by molar-refractivity contribution is -0.0440. The van der Waals surface area contributed by atoms with Crippen molar-refractivity contribution in [3.8, 4) is 11.1 Å². The minimum Gasteiger partial charge on any atom is -0.388 e. The first-order valence-electron chi connectivity index (χ1n) is 14.3. The zero-order valence-electron chi connectivity index (χ0n) is 23.3. The number of aliphatic hydroxyl groups is 1. The molecule has 2 saturated heterocycles. The molecule has 7 rings (SSSR count). The van der Waals surface area contributed by atoms with E-state index in [9.17, 15) is 9.90 Å². The number of β-amino-alcohol motifs (C(OH)–C–C–N with tert-alkyl or cyclic N) is 1. The van der Waals surface area contributed by atoms with E-state index in [-0.39, 0.29) is 5.91 Å². The summed E-state index contributed by atoms with van der Waals surface area (Å²) in [5, 5.41) is 18.6. The lowest BCUT2D eigenvalue weighted by Crippen LogP contribution is -2.53. The molecule has 10 nitrogen and oxygen atoms in total. The Bertz CT molecular complexity index is 1590. The fraction of sp³-hybridized carbons (Fsp3) is 0.387. The number of pyridine rings is 2. The van der Waals surface area contributed by atoms with Crippen molar-refractivity contribution >= 4 is 34.1 Å². The molecule has 212 valence electrons. The van der Waals surface area contributed by atoms with Crippen LogP contribution >= 0.6 is 0 Å². The Kier molecular flexibility index (Phi) is 6.61. The summed E-state index contributed by atoms with van der Waals surface area (Å²) >= 11 is 0. The average molecular weight is 554 g/mol. The van der Waals surface area contributed by atoms with Gasteiger partial charge in [0.25, 0.3) is 5.91 Å². The van der Waals surface area contributed by atoms with Crippen LogP contribution in [-0.2, 0) is 18.3 Å². The van der Waals surface area contributed by atoms with E-state index in [1.54, 1.807) is 0 Å². The predicted molar refractivity (Wildman–Crippen MR) is 158 cm³/mol. The van der Waals surface area contributed by atoms with E-state index in [1.807, 2.05) is 48.4 Å². The number of ether oxygens (including phenoxy) is 1. The average Bonchev–Trinajstić information content (AvgIpc) is 3.57. The third-order valence-corrected chi connectivity index (χ3v) is 8.72. The molecule has 2 fully saturated rings. The Balaban J connectivity index is 1.07. The molecule has 0 aliphatic carbocycles. The predicted octanol–water partition coefficient (Wildman–Crippen LogP) is 3.29. The van der Waals surface area contributed by atoms with E-state index in [2.05, 4.69) is 48.6 Å². The first-order chi connectivity index (χ1) is 20.0. The second kappa shape index (κ2) is 10.4. The molecule has 41 heavy (non-hydrogen) atoms. The minimum absolute atomic E-state index is 0.0859. The van der Waals surface area contributed by atoms with Crippen molar-refractivity contribution in [2.45, 2.75) is 25.0 Å². The van der Waals surface area contributed by atoms with Gasteiger partial charge in [0.2, 0.25) is 0 Å². The Labute approximate surface area is 239 Å². The molecule has 6 heterocycles. The van der Waals surface area contributed by atoms with Gasteiger partial charge in [-0.25, -0.2) is 9.97 Å². The lowest BCUT2D eigenvalue weighted by Gasteiger charge is -2.42. The fourth-order valence-corrected chi connectivity index (χ4v) is 6.40. The highest BCUT2D eigenvalue weighted by Gasteiger charge is 2.34. The Morgan fingerprint density at radius 1 is 1.02 bits per heavy atom. The summed E-state index contributed by atoms with van der Waals surface area (Å²) in [7, 11) is 1.98. The zero-order valence-corrected chi connectivity index (χ0v) is 23.3. The summed E-state index contributed by atoms with van der Waals surface area (Å²) < 4.78 is 7.45.